The van der Waals surface area contributed by atoms with Crippen LogP contribution in [0.15, 0.2) is 42.5 Å². The van der Waals surface area contributed by atoms with Gasteiger partial charge in [0.05, 0.1) is 17.1 Å². The molecule has 7 heteroatoms. The summed E-state index contributed by atoms with van der Waals surface area (Å²) in [4.78, 5) is 13.9. The van der Waals surface area contributed by atoms with Gasteiger partial charge in [-0.3, -0.25) is 9.69 Å². The highest BCUT2D eigenvalue weighted by Crippen LogP contribution is 2.20. The van der Waals surface area contributed by atoms with E-state index in [0.717, 1.165) is 0 Å². The van der Waals surface area contributed by atoms with Crippen LogP contribution >= 0.6 is 23.2 Å². The molecule has 0 bridgehead atoms. The van der Waals surface area contributed by atoms with Gasteiger partial charge in [0, 0.05) is 17.3 Å². The lowest BCUT2D eigenvalue weighted by molar-refractivity contribution is -0.117. The Balaban J connectivity index is 1.76. The number of amides is 1. The SMILES string of the molecule is CN(CCOc1cccc(Cl)c1)CC(=O)Nc1ccc(C#N)c(Cl)c1. The summed E-state index contributed by atoms with van der Waals surface area (Å²) >= 11 is 11.8. The zero-order valence-corrected chi connectivity index (χ0v) is 15.1. The highest BCUT2D eigenvalue weighted by atomic mass is 35.5. The molecule has 25 heavy (non-hydrogen) atoms. The largest absolute Gasteiger partial charge is 0.492 e. The van der Waals surface area contributed by atoms with Crippen LogP contribution in [0.2, 0.25) is 10.0 Å². The fraction of sp³-hybridized carbons (Fsp3) is 0.222. The van der Waals surface area contributed by atoms with Crippen LogP contribution in [0.25, 0.3) is 0 Å². The van der Waals surface area contributed by atoms with Crippen LogP contribution in [0, 0.1) is 11.3 Å². The quantitative estimate of drug-likeness (QED) is 0.796. The molecule has 1 amide bonds. The summed E-state index contributed by atoms with van der Waals surface area (Å²) in [5.74, 6) is 0.517. The van der Waals surface area contributed by atoms with Gasteiger partial charge in [-0.1, -0.05) is 29.3 Å². The van der Waals surface area contributed by atoms with Gasteiger partial charge in [0.2, 0.25) is 5.91 Å². The molecular weight excluding hydrogens is 361 g/mol. The number of benzene rings is 2. The van der Waals surface area contributed by atoms with Gasteiger partial charge < -0.3 is 10.1 Å². The van der Waals surface area contributed by atoms with Crippen LogP contribution in [0.1, 0.15) is 5.56 Å². The van der Waals surface area contributed by atoms with Gasteiger partial charge in [0.15, 0.2) is 0 Å². The third-order valence-corrected chi connectivity index (χ3v) is 3.87. The topological polar surface area (TPSA) is 65.4 Å². The Hall–Kier alpha value is -2.26. The molecule has 0 radical (unpaired) electrons. The normalized spacial score (nSPS) is 10.4. The first-order valence-electron chi connectivity index (χ1n) is 7.54. The highest BCUT2D eigenvalue weighted by Gasteiger charge is 2.09. The predicted molar refractivity (Wildman–Crippen MR) is 99.2 cm³/mol. The van der Waals surface area contributed by atoms with E-state index in [1.165, 1.54) is 0 Å². The Bertz CT molecular complexity index is 790. The van der Waals surface area contributed by atoms with Crippen molar-refractivity contribution in [3.63, 3.8) is 0 Å². The number of nitriles is 1. The van der Waals surface area contributed by atoms with E-state index in [2.05, 4.69) is 5.32 Å². The summed E-state index contributed by atoms with van der Waals surface area (Å²) in [6.45, 7) is 1.22. The number of ether oxygens (including phenoxy) is 1. The molecule has 0 unspecified atom stereocenters. The third kappa shape index (κ3) is 6.28. The average Bonchev–Trinajstić information content (AvgIpc) is 2.55. The van der Waals surface area contributed by atoms with E-state index in [1.54, 1.807) is 30.3 Å². The van der Waals surface area contributed by atoms with E-state index >= 15 is 0 Å². The number of anilines is 1. The van der Waals surface area contributed by atoms with Crippen molar-refractivity contribution < 1.29 is 9.53 Å². The molecule has 0 aliphatic rings. The van der Waals surface area contributed by atoms with Crippen LogP contribution in [-0.4, -0.2) is 37.6 Å². The van der Waals surface area contributed by atoms with Crippen molar-refractivity contribution in [3.8, 4) is 11.8 Å². The highest BCUT2D eigenvalue weighted by molar-refractivity contribution is 6.32. The van der Waals surface area contributed by atoms with Crippen molar-refractivity contribution in [2.75, 3.05) is 32.1 Å². The van der Waals surface area contributed by atoms with Gasteiger partial charge in [0.25, 0.3) is 0 Å². The van der Waals surface area contributed by atoms with Gasteiger partial charge in [-0.25, -0.2) is 0 Å². The minimum atomic E-state index is -0.175. The molecule has 0 heterocycles. The predicted octanol–water partition coefficient (Wildman–Crippen LogP) is 3.81. The first-order valence-corrected chi connectivity index (χ1v) is 8.30. The van der Waals surface area contributed by atoms with Crippen LogP contribution in [0.4, 0.5) is 5.69 Å². The Labute approximate surface area is 156 Å². The minimum Gasteiger partial charge on any atom is -0.492 e. The Morgan fingerprint density at radius 3 is 2.76 bits per heavy atom. The monoisotopic (exact) mass is 377 g/mol. The number of rotatable bonds is 7. The van der Waals surface area contributed by atoms with Gasteiger partial charge in [-0.2, -0.15) is 5.26 Å². The van der Waals surface area contributed by atoms with Crippen molar-refractivity contribution in [2.45, 2.75) is 0 Å². The second kappa shape index (κ2) is 9.28. The fourth-order valence-electron chi connectivity index (χ4n) is 2.08. The molecule has 0 saturated heterocycles. The number of nitrogens with one attached hydrogen (secondary N) is 1. The minimum absolute atomic E-state index is 0.175. The summed E-state index contributed by atoms with van der Waals surface area (Å²) in [5, 5.41) is 12.5. The summed E-state index contributed by atoms with van der Waals surface area (Å²) in [6.07, 6.45) is 0. The van der Waals surface area contributed by atoms with E-state index in [0.29, 0.717) is 40.2 Å². The van der Waals surface area contributed by atoms with E-state index in [9.17, 15) is 4.79 Å². The third-order valence-electron chi connectivity index (χ3n) is 3.32. The van der Waals surface area contributed by atoms with Crippen LogP contribution in [-0.2, 0) is 4.79 Å². The molecule has 0 spiro atoms. The maximum atomic E-state index is 12.0. The first-order chi connectivity index (χ1) is 12.0. The fourth-order valence-corrected chi connectivity index (χ4v) is 2.49. The van der Waals surface area contributed by atoms with Crippen LogP contribution in [0.5, 0.6) is 5.75 Å². The molecule has 5 nitrogen and oxygen atoms in total. The molecule has 0 aliphatic carbocycles. The molecule has 130 valence electrons. The maximum absolute atomic E-state index is 12.0. The number of carbonyl (C=O) groups excluding carboxylic acids is 1. The molecule has 1 N–H and O–H groups in total. The van der Waals surface area contributed by atoms with Crippen molar-refractivity contribution >= 4 is 34.8 Å². The molecular formula is C18H17Cl2N3O2. The van der Waals surface area contributed by atoms with Crippen LogP contribution in [0.3, 0.4) is 0 Å². The van der Waals surface area contributed by atoms with E-state index in [1.807, 2.05) is 30.1 Å². The molecule has 0 fully saturated rings. The lowest BCUT2D eigenvalue weighted by Crippen LogP contribution is -2.33. The molecule has 2 aromatic carbocycles. The number of hydrogen-bond acceptors (Lipinski definition) is 4. The zero-order valence-electron chi connectivity index (χ0n) is 13.6. The molecule has 0 atom stereocenters. The summed E-state index contributed by atoms with van der Waals surface area (Å²) < 4.78 is 5.59. The maximum Gasteiger partial charge on any atom is 0.238 e. The summed E-state index contributed by atoms with van der Waals surface area (Å²) in [5.41, 5.74) is 0.924. The molecule has 0 aliphatic heterocycles. The lowest BCUT2D eigenvalue weighted by Gasteiger charge is -2.17. The molecule has 0 aromatic heterocycles. The Kier molecular flexibility index (Phi) is 7.08. The van der Waals surface area contributed by atoms with Gasteiger partial charge >= 0.3 is 0 Å². The second-order valence-corrected chi connectivity index (χ2v) is 6.24. The summed E-state index contributed by atoms with van der Waals surface area (Å²) in [6, 6.07) is 13.9. The number of likely N-dealkylation sites (N-methyl/N-ethyl adjacent to an activating group) is 1. The molecule has 2 aromatic rings. The van der Waals surface area contributed by atoms with Crippen molar-refractivity contribution in [3.05, 3.63) is 58.1 Å². The van der Waals surface area contributed by atoms with Crippen LogP contribution < -0.4 is 10.1 Å². The van der Waals surface area contributed by atoms with Crippen molar-refractivity contribution in [2.24, 2.45) is 0 Å². The molecule has 0 saturated carbocycles. The number of halogens is 2. The van der Waals surface area contributed by atoms with Gasteiger partial charge in [-0.15, -0.1) is 0 Å². The summed E-state index contributed by atoms with van der Waals surface area (Å²) in [7, 11) is 1.83. The second-order valence-electron chi connectivity index (χ2n) is 5.40. The number of carbonyl (C=O) groups is 1. The van der Waals surface area contributed by atoms with Gasteiger partial charge in [-0.05, 0) is 43.4 Å². The average molecular weight is 378 g/mol. The van der Waals surface area contributed by atoms with Gasteiger partial charge in [0.1, 0.15) is 18.4 Å². The van der Waals surface area contributed by atoms with E-state index < -0.39 is 0 Å². The first kappa shape index (κ1) is 19.1. The standard InChI is InChI=1S/C18H17Cl2N3O2/c1-23(7-8-25-16-4-2-3-14(19)9-16)12-18(24)22-15-6-5-13(11-21)17(20)10-15/h2-6,9-10H,7-8,12H2,1H3,(H,22,24). The van der Waals surface area contributed by atoms with E-state index in [-0.39, 0.29) is 12.5 Å². The van der Waals surface area contributed by atoms with E-state index in [4.69, 9.17) is 33.2 Å². The lowest BCUT2D eigenvalue weighted by atomic mass is 10.2. The smallest absolute Gasteiger partial charge is 0.238 e. The Morgan fingerprint density at radius 2 is 2.08 bits per heavy atom. The number of nitrogens with zero attached hydrogens (tertiary/aromatic N) is 2. The Morgan fingerprint density at radius 1 is 1.28 bits per heavy atom. The van der Waals surface area contributed by atoms with Crippen molar-refractivity contribution in [1.82, 2.24) is 4.90 Å². The zero-order chi connectivity index (χ0) is 18.2. The number of hydrogen-bond donors (Lipinski definition) is 1. The molecule has 2 rings (SSSR count). The van der Waals surface area contributed by atoms with Crippen molar-refractivity contribution in [1.29, 1.82) is 5.26 Å².